The van der Waals surface area contributed by atoms with E-state index in [9.17, 15) is 4.79 Å². The van der Waals surface area contributed by atoms with Crippen molar-refractivity contribution in [3.8, 4) is 11.5 Å². The highest BCUT2D eigenvalue weighted by Gasteiger charge is 2.36. The van der Waals surface area contributed by atoms with Crippen LogP contribution in [0.2, 0.25) is 0 Å². The van der Waals surface area contributed by atoms with E-state index in [1.54, 1.807) is 16.4 Å². The highest BCUT2D eigenvalue weighted by molar-refractivity contribution is 9.10. The number of allylic oxidation sites excluding steroid dienone is 1. The number of thioether (sulfide) groups is 1. The van der Waals surface area contributed by atoms with Crippen molar-refractivity contribution < 1.29 is 19.0 Å². The minimum absolute atomic E-state index is 0.252. The van der Waals surface area contributed by atoms with E-state index >= 15 is 0 Å². The Hall–Kier alpha value is -2.20. The Morgan fingerprint density at radius 1 is 1.24 bits per heavy atom. The van der Waals surface area contributed by atoms with E-state index in [0.717, 1.165) is 22.2 Å². The molecule has 0 bridgehead atoms. The molecule has 0 aliphatic carbocycles. The summed E-state index contributed by atoms with van der Waals surface area (Å²) in [5, 5.41) is 8.63. The minimum atomic E-state index is -0.540. The molecule has 3 rings (SSSR count). The summed E-state index contributed by atoms with van der Waals surface area (Å²) in [6.07, 6.45) is 0.760. The molecule has 1 aliphatic rings. The van der Waals surface area contributed by atoms with Crippen molar-refractivity contribution in [1.82, 2.24) is 14.8 Å². The molecule has 33 heavy (non-hydrogen) atoms. The number of benzene rings is 1. The molecule has 0 spiro atoms. The van der Waals surface area contributed by atoms with Crippen molar-refractivity contribution in [1.29, 1.82) is 0 Å². The number of rotatable bonds is 10. The predicted octanol–water partition coefficient (Wildman–Crippen LogP) is 5.58. The van der Waals surface area contributed by atoms with Crippen LogP contribution < -0.4 is 14.8 Å². The van der Waals surface area contributed by atoms with E-state index in [1.807, 2.05) is 46.8 Å². The van der Waals surface area contributed by atoms with E-state index in [4.69, 9.17) is 19.3 Å². The largest absolute Gasteiger partial charge is 0.490 e. The topological polar surface area (TPSA) is 87.5 Å². The Kier molecular flexibility index (Phi) is 8.69. The number of halogens is 1. The van der Waals surface area contributed by atoms with Crippen molar-refractivity contribution in [3.05, 3.63) is 33.4 Å². The van der Waals surface area contributed by atoms with Crippen LogP contribution >= 0.6 is 27.7 Å². The van der Waals surface area contributed by atoms with E-state index in [0.29, 0.717) is 47.1 Å². The van der Waals surface area contributed by atoms with Gasteiger partial charge >= 0.3 is 5.97 Å². The second-order valence-corrected chi connectivity index (χ2v) is 9.64. The fraction of sp³-hybridized carbons (Fsp3) is 0.522. The van der Waals surface area contributed by atoms with E-state index < -0.39 is 12.0 Å². The zero-order valence-electron chi connectivity index (χ0n) is 19.9. The van der Waals surface area contributed by atoms with Crippen LogP contribution in [0.4, 0.5) is 5.95 Å². The van der Waals surface area contributed by atoms with Crippen molar-refractivity contribution in [2.24, 2.45) is 0 Å². The first kappa shape index (κ1) is 25.4. The third-order valence-electron chi connectivity index (χ3n) is 4.77. The van der Waals surface area contributed by atoms with Gasteiger partial charge in [-0.15, -0.1) is 5.10 Å². The normalized spacial score (nSPS) is 15.3. The lowest BCUT2D eigenvalue weighted by Crippen LogP contribution is -2.30. The molecule has 10 heteroatoms. The first-order valence-corrected chi connectivity index (χ1v) is 13.0. The molecular formula is C23H31BrN4O4S. The Morgan fingerprint density at radius 2 is 1.97 bits per heavy atom. The molecule has 1 N–H and O–H groups in total. The minimum Gasteiger partial charge on any atom is -0.490 e. The number of ether oxygens (including phenoxy) is 3. The van der Waals surface area contributed by atoms with Crippen LogP contribution in [0, 0.1) is 0 Å². The van der Waals surface area contributed by atoms with Gasteiger partial charge in [-0.1, -0.05) is 18.7 Å². The summed E-state index contributed by atoms with van der Waals surface area (Å²) in [5.41, 5.74) is 1.97. The second-order valence-electron chi connectivity index (χ2n) is 7.73. The summed E-state index contributed by atoms with van der Waals surface area (Å²) < 4.78 is 19.8. The zero-order valence-corrected chi connectivity index (χ0v) is 22.3. The monoisotopic (exact) mass is 538 g/mol. The van der Waals surface area contributed by atoms with E-state index in [-0.39, 0.29) is 6.10 Å². The lowest BCUT2D eigenvalue weighted by atomic mass is 9.95. The third-order valence-corrected chi connectivity index (χ3v) is 6.40. The smallest absolute Gasteiger partial charge is 0.338 e. The highest BCUT2D eigenvalue weighted by Crippen LogP contribution is 2.43. The van der Waals surface area contributed by atoms with Crippen LogP contribution in [-0.2, 0) is 9.53 Å². The number of hydrogen-bond donors (Lipinski definition) is 1. The first-order chi connectivity index (χ1) is 15.8. The van der Waals surface area contributed by atoms with Crippen LogP contribution in [0.1, 0.15) is 59.6 Å². The van der Waals surface area contributed by atoms with Gasteiger partial charge in [-0.25, -0.2) is 9.48 Å². The van der Waals surface area contributed by atoms with Gasteiger partial charge in [0.25, 0.3) is 0 Å². The summed E-state index contributed by atoms with van der Waals surface area (Å²) in [6, 6.07) is 3.29. The van der Waals surface area contributed by atoms with Gasteiger partial charge in [-0.05, 0) is 74.7 Å². The van der Waals surface area contributed by atoms with Crippen LogP contribution in [0.3, 0.4) is 0 Å². The maximum atomic E-state index is 13.2. The maximum absolute atomic E-state index is 13.2. The predicted molar refractivity (Wildman–Crippen MR) is 133 cm³/mol. The number of esters is 1. The molecule has 0 amide bonds. The molecule has 2 aromatic rings. The molecule has 2 heterocycles. The fourth-order valence-electron chi connectivity index (χ4n) is 3.53. The molecule has 8 nitrogen and oxygen atoms in total. The van der Waals surface area contributed by atoms with Gasteiger partial charge in [0.05, 0.1) is 29.4 Å². The number of nitrogens with zero attached hydrogens (tertiary/aromatic N) is 3. The average Bonchev–Trinajstić information content (AvgIpc) is 3.15. The summed E-state index contributed by atoms with van der Waals surface area (Å²) in [5.74, 6) is 2.32. The molecule has 0 fully saturated rings. The van der Waals surface area contributed by atoms with Crippen LogP contribution in [0.15, 0.2) is 33.0 Å². The van der Waals surface area contributed by atoms with Gasteiger partial charge in [0.15, 0.2) is 11.5 Å². The quantitative estimate of drug-likeness (QED) is 0.309. The summed E-state index contributed by atoms with van der Waals surface area (Å²) >= 11 is 5.21. The van der Waals surface area contributed by atoms with Gasteiger partial charge in [-0.2, -0.15) is 4.98 Å². The Morgan fingerprint density at radius 3 is 2.61 bits per heavy atom. The number of aromatic nitrogens is 3. The fourth-order valence-corrected chi connectivity index (χ4v) is 4.79. The van der Waals surface area contributed by atoms with Crippen LogP contribution in [-0.4, -0.2) is 45.8 Å². The number of fused-ring (bicyclic) bond motifs is 1. The molecule has 0 saturated carbocycles. The molecule has 1 aromatic carbocycles. The van der Waals surface area contributed by atoms with E-state index in [1.165, 1.54) is 0 Å². The Bertz CT molecular complexity index is 1040. The van der Waals surface area contributed by atoms with Crippen LogP contribution in [0.25, 0.3) is 0 Å². The van der Waals surface area contributed by atoms with Crippen molar-refractivity contribution in [3.63, 3.8) is 0 Å². The highest BCUT2D eigenvalue weighted by atomic mass is 79.9. The summed E-state index contributed by atoms with van der Waals surface area (Å²) in [4.78, 5) is 17.8. The maximum Gasteiger partial charge on any atom is 0.338 e. The lowest BCUT2D eigenvalue weighted by molar-refractivity contribution is -0.143. The summed E-state index contributed by atoms with van der Waals surface area (Å²) in [7, 11) is 0. The van der Waals surface area contributed by atoms with Crippen molar-refractivity contribution >= 4 is 39.6 Å². The summed E-state index contributed by atoms with van der Waals surface area (Å²) in [6.45, 7) is 12.5. The van der Waals surface area contributed by atoms with Gasteiger partial charge in [0, 0.05) is 11.4 Å². The second kappa shape index (κ2) is 11.3. The lowest BCUT2D eigenvalue weighted by Gasteiger charge is -2.29. The number of anilines is 1. The molecule has 1 aromatic heterocycles. The molecule has 1 aliphatic heterocycles. The Labute approximate surface area is 207 Å². The van der Waals surface area contributed by atoms with Gasteiger partial charge < -0.3 is 19.5 Å². The van der Waals surface area contributed by atoms with E-state index in [2.05, 4.69) is 33.2 Å². The number of carbonyl (C=O) groups excluding carboxylic acids is 1. The number of carbonyl (C=O) groups is 1. The molecule has 180 valence electrons. The van der Waals surface area contributed by atoms with Crippen molar-refractivity contribution in [2.45, 2.75) is 65.3 Å². The molecule has 0 radical (unpaired) electrons. The van der Waals surface area contributed by atoms with Gasteiger partial charge in [0.1, 0.15) is 6.04 Å². The van der Waals surface area contributed by atoms with Gasteiger partial charge in [0.2, 0.25) is 11.1 Å². The van der Waals surface area contributed by atoms with Crippen molar-refractivity contribution in [2.75, 3.05) is 24.3 Å². The Balaban J connectivity index is 2.18. The van der Waals surface area contributed by atoms with Crippen LogP contribution in [0.5, 0.6) is 11.5 Å². The average molecular weight is 539 g/mol. The number of nitrogens with one attached hydrogen (secondary N) is 1. The zero-order chi connectivity index (χ0) is 24.1. The first-order valence-electron chi connectivity index (χ1n) is 11.2. The van der Waals surface area contributed by atoms with Gasteiger partial charge in [-0.3, -0.25) is 0 Å². The SMILES string of the molecule is CCCSc1nc2n(n1)C(c1cc(Br)c(OCC)c(OCC)c1)C(C(=O)OC(C)C)=C(C)N2. The molecule has 1 unspecified atom stereocenters. The molecular weight excluding hydrogens is 508 g/mol. The number of hydrogen-bond acceptors (Lipinski definition) is 8. The standard InChI is InChI=1S/C23H31BrN4O4S/c1-7-10-33-23-26-22-25-14(6)18(21(29)32-13(4)5)19(28(22)27-23)15-11-16(24)20(31-9-3)17(12-15)30-8-2/h11-13,19H,7-10H2,1-6H3,(H,25,26,27). The third kappa shape index (κ3) is 5.66. The molecule has 1 atom stereocenters. The molecule has 0 saturated heterocycles.